The number of ether oxygens (including phenoxy) is 1. The van der Waals surface area contributed by atoms with Crippen molar-refractivity contribution >= 4 is 28.3 Å². The molecular formula is C18H13ClFNO2. The van der Waals surface area contributed by atoms with E-state index in [1.54, 1.807) is 12.4 Å². The normalized spacial score (nSPS) is 10.7. The Morgan fingerprint density at radius 1 is 1.17 bits per heavy atom. The van der Waals surface area contributed by atoms with E-state index in [1.807, 2.05) is 24.3 Å². The summed E-state index contributed by atoms with van der Waals surface area (Å²) in [6.07, 6.45) is 4.16. The highest BCUT2D eigenvalue weighted by Crippen LogP contribution is 2.25. The van der Waals surface area contributed by atoms with Crippen LogP contribution in [0.4, 0.5) is 4.39 Å². The topological polar surface area (TPSA) is 39.2 Å². The average molecular weight is 330 g/mol. The molecule has 0 saturated heterocycles. The van der Waals surface area contributed by atoms with Gasteiger partial charge >= 0.3 is 5.97 Å². The standard InChI is InChI=1S/C18H13ClFNO2/c19-16-7-6-14(20)9-17(16)23-18(22)8-5-13-11-21-10-12-3-1-2-4-15(12)13/h1-4,6-7,9-11H,5,8H2. The number of rotatable bonds is 4. The Hall–Kier alpha value is -2.46. The number of fused-ring (bicyclic) bond motifs is 1. The summed E-state index contributed by atoms with van der Waals surface area (Å²) in [7, 11) is 0. The SMILES string of the molecule is O=C(CCc1cncc2ccccc12)Oc1cc(F)ccc1Cl. The first-order valence-corrected chi connectivity index (χ1v) is 7.48. The third kappa shape index (κ3) is 3.66. The van der Waals surface area contributed by atoms with Crippen LogP contribution in [-0.2, 0) is 11.2 Å². The van der Waals surface area contributed by atoms with Crippen molar-refractivity contribution in [3.05, 3.63) is 71.3 Å². The number of hydrogen-bond donors (Lipinski definition) is 0. The van der Waals surface area contributed by atoms with Crippen LogP contribution in [-0.4, -0.2) is 11.0 Å². The van der Waals surface area contributed by atoms with E-state index in [9.17, 15) is 9.18 Å². The smallest absolute Gasteiger partial charge is 0.311 e. The molecule has 2 aromatic carbocycles. The van der Waals surface area contributed by atoms with E-state index in [0.717, 1.165) is 22.4 Å². The second kappa shape index (κ2) is 6.75. The highest BCUT2D eigenvalue weighted by Gasteiger charge is 2.11. The van der Waals surface area contributed by atoms with Crippen LogP contribution in [0.5, 0.6) is 5.75 Å². The van der Waals surface area contributed by atoms with Crippen molar-refractivity contribution in [2.75, 3.05) is 0 Å². The number of carbonyl (C=O) groups is 1. The zero-order chi connectivity index (χ0) is 16.2. The fourth-order valence-corrected chi connectivity index (χ4v) is 2.50. The van der Waals surface area contributed by atoms with Crippen LogP contribution >= 0.6 is 11.6 Å². The van der Waals surface area contributed by atoms with E-state index in [0.29, 0.717) is 6.42 Å². The Morgan fingerprint density at radius 2 is 2.00 bits per heavy atom. The van der Waals surface area contributed by atoms with Crippen LogP contribution in [0.1, 0.15) is 12.0 Å². The lowest BCUT2D eigenvalue weighted by molar-refractivity contribution is -0.134. The lowest BCUT2D eigenvalue weighted by atomic mass is 10.0. The van der Waals surface area contributed by atoms with Gasteiger partial charge in [0, 0.05) is 23.8 Å². The molecule has 3 nitrogen and oxygen atoms in total. The van der Waals surface area contributed by atoms with Gasteiger partial charge in [-0.3, -0.25) is 9.78 Å². The highest BCUT2D eigenvalue weighted by atomic mass is 35.5. The maximum absolute atomic E-state index is 13.2. The first-order valence-electron chi connectivity index (χ1n) is 7.11. The molecule has 0 amide bonds. The van der Waals surface area contributed by atoms with Crippen molar-refractivity contribution in [2.45, 2.75) is 12.8 Å². The predicted octanol–water partition coefficient (Wildman–Crippen LogP) is 4.57. The zero-order valence-corrected chi connectivity index (χ0v) is 12.9. The molecule has 0 spiro atoms. The monoisotopic (exact) mass is 329 g/mol. The maximum Gasteiger partial charge on any atom is 0.311 e. The van der Waals surface area contributed by atoms with Crippen LogP contribution in [0.3, 0.4) is 0 Å². The van der Waals surface area contributed by atoms with Crippen LogP contribution in [0.25, 0.3) is 10.8 Å². The van der Waals surface area contributed by atoms with Crippen molar-refractivity contribution in [1.82, 2.24) is 4.98 Å². The van der Waals surface area contributed by atoms with Gasteiger partial charge in [0.2, 0.25) is 0 Å². The van der Waals surface area contributed by atoms with Crippen LogP contribution in [0, 0.1) is 5.82 Å². The van der Waals surface area contributed by atoms with Gasteiger partial charge in [-0.2, -0.15) is 0 Å². The Balaban J connectivity index is 1.70. The Labute approximate surface area is 137 Å². The lowest BCUT2D eigenvalue weighted by Gasteiger charge is -2.08. The summed E-state index contributed by atoms with van der Waals surface area (Å²) < 4.78 is 18.3. The fraction of sp³-hybridized carbons (Fsp3) is 0.111. The molecule has 0 fully saturated rings. The summed E-state index contributed by atoms with van der Waals surface area (Å²) in [5.74, 6) is -0.936. The number of carbonyl (C=O) groups excluding carboxylic acids is 1. The molecule has 5 heteroatoms. The molecule has 116 valence electrons. The molecule has 0 radical (unpaired) electrons. The molecule has 0 aliphatic heterocycles. The Bertz CT molecular complexity index is 861. The highest BCUT2D eigenvalue weighted by molar-refractivity contribution is 6.32. The molecule has 3 aromatic rings. The first-order chi connectivity index (χ1) is 11.1. The number of halogens is 2. The van der Waals surface area contributed by atoms with Gasteiger partial charge in [-0.25, -0.2) is 4.39 Å². The molecule has 0 unspecified atom stereocenters. The van der Waals surface area contributed by atoms with Crippen LogP contribution < -0.4 is 4.74 Å². The number of pyridine rings is 1. The van der Waals surface area contributed by atoms with E-state index >= 15 is 0 Å². The van der Waals surface area contributed by atoms with Gasteiger partial charge in [-0.05, 0) is 29.5 Å². The van der Waals surface area contributed by atoms with Crippen molar-refractivity contribution in [3.63, 3.8) is 0 Å². The molecule has 23 heavy (non-hydrogen) atoms. The largest absolute Gasteiger partial charge is 0.425 e. The maximum atomic E-state index is 13.2. The predicted molar refractivity (Wildman–Crippen MR) is 87.1 cm³/mol. The number of nitrogens with zero attached hydrogens (tertiary/aromatic N) is 1. The third-order valence-electron chi connectivity index (χ3n) is 3.47. The summed E-state index contributed by atoms with van der Waals surface area (Å²) in [4.78, 5) is 16.1. The number of hydrogen-bond acceptors (Lipinski definition) is 3. The molecule has 1 aromatic heterocycles. The molecule has 0 aliphatic carbocycles. The first kappa shape index (κ1) is 15.4. The second-order valence-electron chi connectivity index (χ2n) is 5.07. The number of aryl methyl sites for hydroxylation is 1. The lowest BCUT2D eigenvalue weighted by Crippen LogP contribution is -2.09. The molecule has 0 saturated carbocycles. The van der Waals surface area contributed by atoms with Gasteiger partial charge in [-0.1, -0.05) is 35.9 Å². The summed E-state index contributed by atoms with van der Waals surface area (Å²) in [5.41, 5.74) is 0.963. The summed E-state index contributed by atoms with van der Waals surface area (Å²) in [5, 5.41) is 2.28. The molecule has 0 bridgehead atoms. The van der Waals surface area contributed by atoms with Gasteiger partial charge in [0.15, 0.2) is 5.75 Å². The van der Waals surface area contributed by atoms with Crippen molar-refractivity contribution in [1.29, 1.82) is 0 Å². The van der Waals surface area contributed by atoms with Crippen LogP contribution in [0.15, 0.2) is 54.9 Å². The third-order valence-corrected chi connectivity index (χ3v) is 3.78. The quantitative estimate of drug-likeness (QED) is 0.520. The summed E-state index contributed by atoms with van der Waals surface area (Å²) in [6.45, 7) is 0. The van der Waals surface area contributed by atoms with Gasteiger partial charge in [0.1, 0.15) is 5.82 Å². The van der Waals surface area contributed by atoms with E-state index < -0.39 is 11.8 Å². The minimum atomic E-state index is -0.504. The average Bonchev–Trinajstić information content (AvgIpc) is 2.56. The fourth-order valence-electron chi connectivity index (χ4n) is 2.34. The van der Waals surface area contributed by atoms with Gasteiger partial charge in [0.25, 0.3) is 0 Å². The van der Waals surface area contributed by atoms with E-state index in [4.69, 9.17) is 16.3 Å². The molecule has 0 N–H and O–H groups in total. The van der Waals surface area contributed by atoms with E-state index in [2.05, 4.69) is 4.98 Å². The van der Waals surface area contributed by atoms with Crippen molar-refractivity contribution < 1.29 is 13.9 Å². The van der Waals surface area contributed by atoms with Gasteiger partial charge < -0.3 is 4.74 Å². The minimum absolute atomic E-state index is 0.0349. The summed E-state index contributed by atoms with van der Waals surface area (Å²) >= 11 is 5.88. The van der Waals surface area contributed by atoms with Crippen LogP contribution in [0.2, 0.25) is 5.02 Å². The minimum Gasteiger partial charge on any atom is -0.425 e. The number of benzene rings is 2. The van der Waals surface area contributed by atoms with Gasteiger partial charge in [-0.15, -0.1) is 0 Å². The molecule has 1 heterocycles. The van der Waals surface area contributed by atoms with E-state index in [-0.39, 0.29) is 17.2 Å². The Morgan fingerprint density at radius 3 is 2.87 bits per heavy atom. The molecule has 0 atom stereocenters. The number of esters is 1. The number of aromatic nitrogens is 1. The molecular weight excluding hydrogens is 317 g/mol. The van der Waals surface area contributed by atoms with Crippen molar-refractivity contribution in [2.24, 2.45) is 0 Å². The Kier molecular flexibility index (Phi) is 4.53. The molecule has 3 rings (SSSR count). The molecule has 0 aliphatic rings. The van der Waals surface area contributed by atoms with Gasteiger partial charge in [0.05, 0.1) is 11.4 Å². The second-order valence-corrected chi connectivity index (χ2v) is 5.48. The summed E-state index contributed by atoms with van der Waals surface area (Å²) in [6, 6.07) is 11.5. The van der Waals surface area contributed by atoms with Crippen molar-refractivity contribution in [3.8, 4) is 5.75 Å². The van der Waals surface area contributed by atoms with E-state index in [1.165, 1.54) is 12.1 Å². The zero-order valence-electron chi connectivity index (χ0n) is 12.1.